The summed E-state index contributed by atoms with van der Waals surface area (Å²) in [5.74, 6) is 1.76. The molecule has 1 aromatic heterocycles. The Morgan fingerprint density at radius 1 is 1.17 bits per heavy atom. The zero-order valence-electron chi connectivity index (χ0n) is 12.8. The van der Waals surface area contributed by atoms with Crippen LogP contribution >= 0.6 is 47.3 Å². The fourth-order valence-electron chi connectivity index (χ4n) is 1.77. The normalized spacial score (nSPS) is 10.8. The number of guanidine groups is 1. The first kappa shape index (κ1) is 20.1. The van der Waals surface area contributed by atoms with E-state index in [1.807, 2.05) is 23.9 Å². The maximum Gasteiger partial charge on any atom is 0.191 e. The molecule has 7 heteroatoms. The number of hydrogen-bond acceptors (Lipinski definition) is 3. The number of nitrogens with zero attached hydrogens (tertiary/aromatic N) is 2. The quantitative estimate of drug-likeness (QED) is 0.171. The summed E-state index contributed by atoms with van der Waals surface area (Å²) in [4.78, 5) is 9.53. The van der Waals surface area contributed by atoms with Crippen LogP contribution in [0.1, 0.15) is 5.56 Å². The number of rotatable bonds is 6. The average molecular weight is 463 g/mol. The van der Waals surface area contributed by atoms with Gasteiger partial charge >= 0.3 is 0 Å². The van der Waals surface area contributed by atoms with Gasteiger partial charge in [0.15, 0.2) is 5.96 Å². The Morgan fingerprint density at radius 2 is 1.96 bits per heavy atom. The standard InChI is InChI=1S/C16H19ClN4S.HI/c1-18-16(21-12-13-7-8-15(17)20-11-13)19-9-10-22-14-5-3-2-4-6-14;/h2-8,11H,9-10,12H2,1H3,(H2,18,19,21);1H. The first-order valence-electron chi connectivity index (χ1n) is 7.01. The number of thioether (sulfide) groups is 1. The maximum absolute atomic E-state index is 5.77. The lowest BCUT2D eigenvalue weighted by molar-refractivity contribution is 0.829. The van der Waals surface area contributed by atoms with Crippen LogP contribution in [0.2, 0.25) is 5.15 Å². The molecule has 0 saturated heterocycles. The molecule has 0 aliphatic carbocycles. The number of aromatic nitrogens is 1. The van der Waals surface area contributed by atoms with Crippen LogP contribution in [-0.2, 0) is 6.54 Å². The highest BCUT2D eigenvalue weighted by Crippen LogP contribution is 2.15. The number of hydrogen-bond donors (Lipinski definition) is 2. The van der Waals surface area contributed by atoms with Gasteiger partial charge in [0.2, 0.25) is 0 Å². The van der Waals surface area contributed by atoms with Gasteiger partial charge in [0, 0.05) is 37.0 Å². The highest BCUT2D eigenvalue weighted by molar-refractivity contribution is 14.0. The molecule has 0 atom stereocenters. The molecule has 4 nitrogen and oxygen atoms in total. The smallest absolute Gasteiger partial charge is 0.191 e. The largest absolute Gasteiger partial charge is 0.356 e. The van der Waals surface area contributed by atoms with Gasteiger partial charge < -0.3 is 10.6 Å². The molecule has 0 aliphatic rings. The molecular weight excluding hydrogens is 443 g/mol. The highest BCUT2D eigenvalue weighted by Gasteiger charge is 1.99. The Hall–Kier alpha value is -0.990. The maximum atomic E-state index is 5.77. The van der Waals surface area contributed by atoms with E-state index in [9.17, 15) is 0 Å². The topological polar surface area (TPSA) is 49.3 Å². The lowest BCUT2D eigenvalue weighted by atomic mass is 10.3. The summed E-state index contributed by atoms with van der Waals surface area (Å²) < 4.78 is 0. The van der Waals surface area contributed by atoms with Gasteiger partial charge in [0.05, 0.1) is 0 Å². The van der Waals surface area contributed by atoms with E-state index in [0.29, 0.717) is 11.7 Å². The summed E-state index contributed by atoms with van der Waals surface area (Å²) in [5.41, 5.74) is 1.06. The molecular formula is C16H20ClIN4S. The van der Waals surface area contributed by atoms with Crippen LogP contribution in [0.5, 0.6) is 0 Å². The lowest BCUT2D eigenvalue weighted by Crippen LogP contribution is -2.37. The van der Waals surface area contributed by atoms with Crippen molar-refractivity contribution in [3.63, 3.8) is 0 Å². The third-order valence-electron chi connectivity index (χ3n) is 2.88. The van der Waals surface area contributed by atoms with Gasteiger partial charge in [-0.15, -0.1) is 35.7 Å². The number of halogens is 2. The van der Waals surface area contributed by atoms with Crippen molar-refractivity contribution < 1.29 is 0 Å². The van der Waals surface area contributed by atoms with Gasteiger partial charge in [-0.2, -0.15) is 0 Å². The van der Waals surface area contributed by atoms with E-state index < -0.39 is 0 Å². The van der Waals surface area contributed by atoms with Crippen molar-refractivity contribution in [3.05, 3.63) is 59.4 Å². The predicted octanol–water partition coefficient (Wildman–Crippen LogP) is 3.81. The Balaban J connectivity index is 0.00000264. The minimum absolute atomic E-state index is 0. The molecule has 0 unspecified atom stereocenters. The van der Waals surface area contributed by atoms with Gasteiger partial charge in [-0.1, -0.05) is 35.9 Å². The van der Waals surface area contributed by atoms with Gasteiger partial charge in [-0.3, -0.25) is 4.99 Å². The van der Waals surface area contributed by atoms with Gasteiger partial charge in [-0.05, 0) is 23.8 Å². The molecule has 0 saturated carbocycles. The molecule has 1 aromatic carbocycles. The van der Waals surface area contributed by atoms with E-state index in [4.69, 9.17) is 11.6 Å². The molecule has 0 amide bonds. The molecule has 0 bridgehead atoms. The summed E-state index contributed by atoms with van der Waals surface area (Å²) in [6, 6.07) is 14.1. The zero-order valence-corrected chi connectivity index (χ0v) is 16.7. The van der Waals surface area contributed by atoms with Crippen molar-refractivity contribution in [3.8, 4) is 0 Å². The molecule has 1 heterocycles. The first-order chi connectivity index (χ1) is 10.8. The average Bonchev–Trinajstić information content (AvgIpc) is 2.57. The first-order valence-corrected chi connectivity index (χ1v) is 8.37. The Kier molecular flexibility index (Phi) is 10.1. The monoisotopic (exact) mass is 462 g/mol. The van der Waals surface area contributed by atoms with Crippen molar-refractivity contribution in [2.45, 2.75) is 11.4 Å². The highest BCUT2D eigenvalue weighted by atomic mass is 127. The molecule has 0 spiro atoms. The van der Waals surface area contributed by atoms with E-state index in [1.54, 1.807) is 19.3 Å². The van der Waals surface area contributed by atoms with Crippen LogP contribution in [0.4, 0.5) is 0 Å². The molecule has 2 rings (SSSR count). The number of pyridine rings is 1. The van der Waals surface area contributed by atoms with Crippen LogP contribution in [0.25, 0.3) is 0 Å². The van der Waals surface area contributed by atoms with E-state index in [-0.39, 0.29) is 24.0 Å². The SMILES string of the molecule is CN=C(NCCSc1ccccc1)NCc1ccc(Cl)nc1.I. The third-order valence-corrected chi connectivity index (χ3v) is 4.12. The second-order valence-electron chi connectivity index (χ2n) is 4.50. The Bertz CT molecular complexity index is 593. The predicted molar refractivity (Wildman–Crippen MR) is 110 cm³/mol. The molecule has 0 fully saturated rings. The van der Waals surface area contributed by atoms with E-state index >= 15 is 0 Å². The summed E-state index contributed by atoms with van der Waals surface area (Å²) in [6.45, 7) is 1.51. The van der Waals surface area contributed by atoms with Gasteiger partial charge in [0.25, 0.3) is 0 Å². The molecule has 124 valence electrons. The second kappa shape index (κ2) is 11.5. The molecule has 2 aromatic rings. The summed E-state index contributed by atoms with van der Waals surface area (Å²) in [6.07, 6.45) is 1.76. The summed E-state index contributed by atoms with van der Waals surface area (Å²) >= 11 is 7.59. The number of benzene rings is 1. The molecule has 0 radical (unpaired) electrons. The fraction of sp³-hybridized carbons (Fsp3) is 0.250. The number of nitrogens with one attached hydrogen (secondary N) is 2. The minimum atomic E-state index is 0. The van der Waals surface area contributed by atoms with Gasteiger partial charge in [0.1, 0.15) is 5.15 Å². The van der Waals surface area contributed by atoms with Crippen molar-refractivity contribution in [1.29, 1.82) is 0 Å². The third kappa shape index (κ3) is 7.90. The zero-order chi connectivity index (χ0) is 15.6. The Morgan fingerprint density at radius 3 is 2.61 bits per heavy atom. The summed E-state index contributed by atoms with van der Waals surface area (Å²) in [5, 5.41) is 7.05. The summed E-state index contributed by atoms with van der Waals surface area (Å²) in [7, 11) is 1.76. The van der Waals surface area contributed by atoms with E-state index in [0.717, 1.165) is 23.8 Å². The van der Waals surface area contributed by atoms with Crippen molar-refractivity contribution in [2.75, 3.05) is 19.3 Å². The van der Waals surface area contributed by atoms with Crippen molar-refractivity contribution >= 4 is 53.3 Å². The van der Waals surface area contributed by atoms with Crippen LogP contribution in [0, 0.1) is 0 Å². The Labute approximate surface area is 163 Å². The van der Waals surface area contributed by atoms with E-state index in [2.05, 4.69) is 44.9 Å². The van der Waals surface area contributed by atoms with Crippen molar-refractivity contribution in [1.82, 2.24) is 15.6 Å². The van der Waals surface area contributed by atoms with Crippen LogP contribution in [-0.4, -0.2) is 30.3 Å². The molecule has 0 aliphatic heterocycles. The lowest BCUT2D eigenvalue weighted by Gasteiger charge is -2.11. The van der Waals surface area contributed by atoms with Crippen LogP contribution in [0.3, 0.4) is 0 Å². The fourth-order valence-corrected chi connectivity index (χ4v) is 2.67. The van der Waals surface area contributed by atoms with E-state index in [1.165, 1.54) is 4.90 Å². The van der Waals surface area contributed by atoms with Crippen LogP contribution < -0.4 is 10.6 Å². The van der Waals surface area contributed by atoms with Crippen molar-refractivity contribution in [2.24, 2.45) is 4.99 Å². The number of aliphatic imine (C=N–C) groups is 1. The molecule has 2 N–H and O–H groups in total. The van der Waals surface area contributed by atoms with Crippen LogP contribution in [0.15, 0.2) is 58.5 Å². The molecule has 23 heavy (non-hydrogen) atoms. The minimum Gasteiger partial charge on any atom is -0.356 e. The second-order valence-corrected chi connectivity index (χ2v) is 6.06. The van der Waals surface area contributed by atoms with Gasteiger partial charge in [-0.25, -0.2) is 4.98 Å².